The van der Waals surface area contributed by atoms with E-state index in [9.17, 15) is 9.59 Å². The number of carbonyl (C=O) groups excluding carboxylic acids is 2. The van der Waals surface area contributed by atoms with Gasteiger partial charge in [-0.05, 0) is 17.6 Å². The normalized spacial score (nSPS) is 19.9. The van der Waals surface area contributed by atoms with Gasteiger partial charge < -0.3 is 4.74 Å². The maximum Gasteiger partial charge on any atom is 0.333 e. The first-order valence-corrected chi connectivity index (χ1v) is 8.91. The van der Waals surface area contributed by atoms with Crippen molar-refractivity contribution in [2.75, 3.05) is 47.9 Å². The molecule has 2 heterocycles. The molecule has 0 aliphatic carbocycles. The topological polar surface area (TPSA) is 68.5 Å². The molecule has 3 amide bonds. The SMILES string of the molecule is COCC[N+]1=C(CN(C)Cc2ccccc2)N=C2C1C(=O)N(C)C(=O)N2C. The number of methoxy groups -OCH3 is 1. The summed E-state index contributed by atoms with van der Waals surface area (Å²) in [5, 5.41) is 0. The van der Waals surface area contributed by atoms with Crippen molar-refractivity contribution in [2.45, 2.75) is 12.6 Å². The van der Waals surface area contributed by atoms with E-state index in [4.69, 9.17) is 4.74 Å². The number of amidine groups is 2. The van der Waals surface area contributed by atoms with Crippen LogP contribution in [0.4, 0.5) is 4.79 Å². The van der Waals surface area contributed by atoms with Crippen LogP contribution in [0.5, 0.6) is 0 Å². The lowest BCUT2D eigenvalue weighted by Crippen LogP contribution is -2.61. The van der Waals surface area contributed by atoms with Crippen molar-refractivity contribution in [1.29, 1.82) is 0 Å². The molecular weight excluding hydrogens is 346 g/mol. The summed E-state index contributed by atoms with van der Waals surface area (Å²) in [6.45, 7) is 2.34. The molecule has 2 aliphatic heterocycles. The predicted octanol–water partition coefficient (Wildman–Crippen LogP) is 0.480. The number of rotatable bonds is 7. The van der Waals surface area contributed by atoms with E-state index in [1.807, 2.05) is 29.8 Å². The molecule has 144 valence electrons. The van der Waals surface area contributed by atoms with Gasteiger partial charge >= 0.3 is 11.9 Å². The van der Waals surface area contributed by atoms with Crippen molar-refractivity contribution >= 4 is 23.6 Å². The van der Waals surface area contributed by atoms with Gasteiger partial charge in [-0.3, -0.25) is 19.5 Å². The summed E-state index contributed by atoms with van der Waals surface area (Å²) in [6, 6.07) is 9.24. The molecule has 3 rings (SSSR count). The van der Waals surface area contributed by atoms with Crippen LogP contribution in [-0.4, -0.2) is 96.9 Å². The summed E-state index contributed by atoms with van der Waals surface area (Å²) in [5.41, 5.74) is 1.20. The monoisotopic (exact) mass is 372 g/mol. The number of amides is 3. The molecule has 1 aromatic carbocycles. The molecule has 0 saturated carbocycles. The third-order valence-electron chi connectivity index (χ3n) is 4.86. The second-order valence-corrected chi connectivity index (χ2v) is 6.87. The van der Waals surface area contributed by atoms with Crippen molar-refractivity contribution in [3.05, 3.63) is 35.9 Å². The third kappa shape index (κ3) is 3.77. The van der Waals surface area contributed by atoms with Gasteiger partial charge in [0.15, 0.2) is 0 Å². The molecule has 8 nitrogen and oxygen atoms in total. The van der Waals surface area contributed by atoms with E-state index in [1.54, 1.807) is 14.2 Å². The number of ether oxygens (including phenoxy) is 1. The minimum absolute atomic E-state index is 0.256. The fraction of sp³-hybridized carbons (Fsp3) is 0.474. The zero-order valence-electron chi connectivity index (χ0n) is 16.3. The van der Waals surface area contributed by atoms with Crippen molar-refractivity contribution < 1.29 is 18.9 Å². The predicted molar refractivity (Wildman–Crippen MR) is 102 cm³/mol. The minimum Gasteiger partial charge on any atom is -0.381 e. The van der Waals surface area contributed by atoms with Gasteiger partial charge in [0.2, 0.25) is 0 Å². The number of benzene rings is 1. The molecule has 0 bridgehead atoms. The van der Waals surface area contributed by atoms with Crippen LogP contribution in [-0.2, 0) is 16.1 Å². The molecule has 1 unspecified atom stereocenters. The molecule has 27 heavy (non-hydrogen) atoms. The fourth-order valence-electron chi connectivity index (χ4n) is 3.42. The van der Waals surface area contributed by atoms with Crippen LogP contribution in [0.1, 0.15) is 5.56 Å². The molecule has 2 aliphatic rings. The van der Waals surface area contributed by atoms with E-state index in [0.717, 1.165) is 17.3 Å². The molecular formula is C19H26N5O3+. The average Bonchev–Trinajstić information content (AvgIpc) is 3.01. The molecule has 8 heteroatoms. The number of fused-ring (bicyclic) bond motifs is 1. The van der Waals surface area contributed by atoms with Crippen LogP contribution < -0.4 is 0 Å². The van der Waals surface area contributed by atoms with Gasteiger partial charge in [-0.1, -0.05) is 30.3 Å². The van der Waals surface area contributed by atoms with Crippen LogP contribution in [0.3, 0.4) is 0 Å². The maximum atomic E-state index is 12.7. The van der Waals surface area contributed by atoms with Gasteiger partial charge in [0, 0.05) is 27.7 Å². The summed E-state index contributed by atoms with van der Waals surface area (Å²) in [5.74, 6) is 1.00. The first-order valence-electron chi connectivity index (χ1n) is 8.91. The Bertz CT molecular complexity index is 790. The van der Waals surface area contributed by atoms with Crippen LogP contribution in [0.15, 0.2) is 35.3 Å². The van der Waals surface area contributed by atoms with Crippen molar-refractivity contribution in [1.82, 2.24) is 14.7 Å². The van der Waals surface area contributed by atoms with Gasteiger partial charge in [-0.15, -0.1) is 0 Å². The summed E-state index contributed by atoms with van der Waals surface area (Å²) in [6.07, 6.45) is 0. The minimum atomic E-state index is -0.576. The summed E-state index contributed by atoms with van der Waals surface area (Å²) < 4.78 is 7.16. The van der Waals surface area contributed by atoms with E-state index in [0.29, 0.717) is 25.5 Å². The highest BCUT2D eigenvalue weighted by molar-refractivity contribution is 6.23. The highest BCUT2D eigenvalue weighted by Gasteiger charge is 2.52. The second-order valence-electron chi connectivity index (χ2n) is 6.87. The number of likely N-dealkylation sites (N-methyl/N-ethyl adjacent to an activating group) is 3. The Labute approximate surface area is 159 Å². The van der Waals surface area contributed by atoms with Gasteiger partial charge in [0.05, 0.1) is 6.61 Å². The highest BCUT2D eigenvalue weighted by atomic mass is 16.5. The quantitative estimate of drug-likeness (QED) is 0.653. The summed E-state index contributed by atoms with van der Waals surface area (Å²) >= 11 is 0. The molecule has 1 atom stereocenters. The largest absolute Gasteiger partial charge is 0.381 e. The molecule has 0 aromatic heterocycles. The Kier molecular flexibility index (Phi) is 5.67. The smallest absolute Gasteiger partial charge is 0.333 e. The van der Waals surface area contributed by atoms with E-state index < -0.39 is 6.04 Å². The Morgan fingerprint density at radius 2 is 1.85 bits per heavy atom. The van der Waals surface area contributed by atoms with E-state index in [1.165, 1.54) is 17.5 Å². The number of aliphatic imine (C=N–C) groups is 1. The molecule has 1 fully saturated rings. The maximum absolute atomic E-state index is 12.7. The van der Waals surface area contributed by atoms with E-state index in [-0.39, 0.29) is 11.9 Å². The van der Waals surface area contributed by atoms with Gasteiger partial charge in [0.25, 0.3) is 17.8 Å². The summed E-state index contributed by atoms with van der Waals surface area (Å²) in [7, 11) is 6.80. The Balaban J connectivity index is 1.86. The lowest BCUT2D eigenvalue weighted by Gasteiger charge is -2.30. The number of hydrogen-bond donors (Lipinski definition) is 0. The standard InChI is InChI=1S/C19H26N5O3/c1-21(12-14-8-6-5-7-9-14)13-15-20-17-16(24(15)10-11-27-4)18(25)23(3)19(26)22(17)2/h5-9,16H,10-13H2,1-4H3/q+1. The number of hydrogen-bond acceptors (Lipinski definition) is 5. The molecule has 1 saturated heterocycles. The van der Waals surface area contributed by atoms with Gasteiger partial charge in [-0.25, -0.2) is 9.37 Å². The van der Waals surface area contributed by atoms with Crippen LogP contribution in [0.2, 0.25) is 0 Å². The fourth-order valence-corrected chi connectivity index (χ4v) is 3.42. The highest BCUT2D eigenvalue weighted by Crippen LogP contribution is 2.19. The average molecular weight is 372 g/mol. The Hall–Kier alpha value is -2.58. The number of urea groups is 1. The molecule has 0 N–H and O–H groups in total. The lowest BCUT2D eigenvalue weighted by molar-refractivity contribution is -0.538. The van der Waals surface area contributed by atoms with Crippen molar-refractivity contribution in [3.63, 3.8) is 0 Å². The Morgan fingerprint density at radius 3 is 2.52 bits per heavy atom. The second kappa shape index (κ2) is 7.98. The van der Waals surface area contributed by atoms with E-state index in [2.05, 4.69) is 22.0 Å². The third-order valence-corrected chi connectivity index (χ3v) is 4.86. The van der Waals surface area contributed by atoms with Gasteiger partial charge in [-0.2, -0.15) is 0 Å². The Morgan fingerprint density at radius 1 is 1.15 bits per heavy atom. The zero-order valence-corrected chi connectivity index (χ0v) is 16.3. The number of nitrogens with zero attached hydrogens (tertiary/aromatic N) is 5. The number of carbonyl (C=O) groups is 2. The number of imide groups is 1. The van der Waals surface area contributed by atoms with Gasteiger partial charge in [0.1, 0.15) is 13.1 Å². The first-order chi connectivity index (χ1) is 12.9. The van der Waals surface area contributed by atoms with Crippen molar-refractivity contribution in [3.8, 4) is 0 Å². The molecule has 1 aromatic rings. The zero-order chi connectivity index (χ0) is 19.6. The van der Waals surface area contributed by atoms with Crippen LogP contribution >= 0.6 is 0 Å². The van der Waals surface area contributed by atoms with E-state index >= 15 is 0 Å². The van der Waals surface area contributed by atoms with Crippen molar-refractivity contribution in [2.24, 2.45) is 4.99 Å². The molecule has 0 spiro atoms. The van der Waals surface area contributed by atoms with Crippen LogP contribution in [0, 0.1) is 0 Å². The van der Waals surface area contributed by atoms with Crippen LogP contribution in [0.25, 0.3) is 0 Å². The summed E-state index contributed by atoms with van der Waals surface area (Å²) in [4.78, 5) is 34.4. The first kappa shape index (κ1) is 19.2. The molecule has 0 radical (unpaired) electrons. The lowest BCUT2D eigenvalue weighted by atomic mass is 10.1.